The molecule has 0 atom stereocenters. The minimum atomic E-state index is 0.690. The maximum atomic E-state index is 6.16. The van der Waals surface area contributed by atoms with E-state index in [1.165, 1.54) is 5.56 Å². The van der Waals surface area contributed by atoms with Gasteiger partial charge in [0.15, 0.2) is 11.5 Å². The van der Waals surface area contributed by atoms with Crippen molar-refractivity contribution in [1.82, 2.24) is 5.32 Å². The van der Waals surface area contributed by atoms with Gasteiger partial charge in [-0.05, 0) is 48.0 Å². The van der Waals surface area contributed by atoms with Gasteiger partial charge in [-0.2, -0.15) is 0 Å². The molecular formula is C17H18ClNO2. The molecule has 3 nitrogen and oxygen atoms in total. The smallest absolute Gasteiger partial charge is 0.161 e. The Morgan fingerprint density at radius 1 is 1.05 bits per heavy atom. The van der Waals surface area contributed by atoms with Crippen LogP contribution in [-0.4, -0.2) is 20.3 Å². The van der Waals surface area contributed by atoms with Crippen LogP contribution >= 0.6 is 11.6 Å². The molecule has 110 valence electrons. The summed E-state index contributed by atoms with van der Waals surface area (Å²) in [5.41, 5.74) is 3.41. The molecule has 0 radical (unpaired) electrons. The molecule has 0 spiro atoms. The van der Waals surface area contributed by atoms with E-state index in [-0.39, 0.29) is 0 Å². The van der Waals surface area contributed by atoms with Crippen LogP contribution in [0.5, 0.6) is 11.5 Å². The Balaban J connectivity index is 2.04. The van der Waals surface area contributed by atoms with Crippen LogP contribution in [0.4, 0.5) is 0 Å². The van der Waals surface area contributed by atoms with Gasteiger partial charge < -0.3 is 14.8 Å². The van der Waals surface area contributed by atoms with Gasteiger partial charge in [0.2, 0.25) is 0 Å². The summed E-state index contributed by atoms with van der Waals surface area (Å²) in [6.45, 7) is 2.19. The maximum Gasteiger partial charge on any atom is 0.161 e. The normalized spacial score (nSPS) is 13.8. The first-order valence-electron chi connectivity index (χ1n) is 7.11. The molecule has 2 aromatic carbocycles. The number of ether oxygens (including phenoxy) is 2. The van der Waals surface area contributed by atoms with Crippen LogP contribution in [0.1, 0.15) is 12.0 Å². The molecular weight excluding hydrogens is 286 g/mol. The summed E-state index contributed by atoms with van der Waals surface area (Å²) in [6, 6.07) is 12.0. The van der Waals surface area contributed by atoms with Gasteiger partial charge in [-0.3, -0.25) is 0 Å². The molecule has 2 aromatic rings. The van der Waals surface area contributed by atoms with Gasteiger partial charge in [0, 0.05) is 18.0 Å². The molecule has 3 rings (SSSR count). The van der Waals surface area contributed by atoms with Crippen molar-refractivity contribution in [2.75, 3.05) is 20.3 Å². The molecule has 0 fully saturated rings. The quantitative estimate of drug-likeness (QED) is 0.933. The molecule has 4 heteroatoms. The zero-order chi connectivity index (χ0) is 14.7. The summed E-state index contributed by atoms with van der Waals surface area (Å²) in [7, 11) is 1.94. The lowest BCUT2D eigenvalue weighted by molar-refractivity contribution is 0.297. The van der Waals surface area contributed by atoms with Gasteiger partial charge in [0.05, 0.1) is 13.2 Å². The first-order valence-corrected chi connectivity index (χ1v) is 7.49. The minimum Gasteiger partial charge on any atom is -0.490 e. The Bertz CT molecular complexity index is 643. The summed E-state index contributed by atoms with van der Waals surface area (Å²) in [5, 5.41) is 3.92. The fraction of sp³-hybridized carbons (Fsp3) is 0.294. The van der Waals surface area contributed by atoms with Crippen LogP contribution in [0, 0.1) is 0 Å². The zero-order valence-electron chi connectivity index (χ0n) is 12.0. The SMILES string of the molecule is CNCc1ccc(Cl)cc1-c1ccc2c(c1)OCCCO2. The van der Waals surface area contributed by atoms with E-state index in [1.54, 1.807) is 0 Å². The predicted molar refractivity (Wildman–Crippen MR) is 85.3 cm³/mol. The lowest BCUT2D eigenvalue weighted by Crippen LogP contribution is -2.06. The largest absolute Gasteiger partial charge is 0.490 e. The molecule has 0 aromatic heterocycles. The van der Waals surface area contributed by atoms with Crippen LogP contribution in [-0.2, 0) is 6.54 Å². The summed E-state index contributed by atoms with van der Waals surface area (Å²) in [6.07, 6.45) is 0.909. The van der Waals surface area contributed by atoms with Crippen LogP contribution in [0.25, 0.3) is 11.1 Å². The third kappa shape index (κ3) is 3.14. The molecule has 0 amide bonds. The second kappa shape index (κ2) is 6.37. The highest BCUT2D eigenvalue weighted by Gasteiger charge is 2.13. The highest BCUT2D eigenvalue weighted by molar-refractivity contribution is 6.30. The van der Waals surface area contributed by atoms with Crippen LogP contribution in [0.2, 0.25) is 5.02 Å². The number of halogens is 1. The van der Waals surface area contributed by atoms with Crippen molar-refractivity contribution in [1.29, 1.82) is 0 Å². The molecule has 0 bridgehead atoms. The summed E-state index contributed by atoms with van der Waals surface area (Å²) in [5.74, 6) is 1.62. The lowest BCUT2D eigenvalue weighted by atomic mass is 9.99. The topological polar surface area (TPSA) is 30.5 Å². The van der Waals surface area contributed by atoms with Crippen molar-refractivity contribution >= 4 is 11.6 Å². The van der Waals surface area contributed by atoms with Crippen LogP contribution < -0.4 is 14.8 Å². The van der Waals surface area contributed by atoms with E-state index >= 15 is 0 Å². The van der Waals surface area contributed by atoms with Crippen molar-refractivity contribution in [2.45, 2.75) is 13.0 Å². The van der Waals surface area contributed by atoms with Gasteiger partial charge >= 0.3 is 0 Å². The molecule has 1 heterocycles. The molecule has 1 aliphatic heterocycles. The third-order valence-electron chi connectivity index (χ3n) is 3.50. The molecule has 21 heavy (non-hydrogen) atoms. The number of benzene rings is 2. The molecule has 0 unspecified atom stereocenters. The van der Waals surface area contributed by atoms with E-state index in [4.69, 9.17) is 21.1 Å². The van der Waals surface area contributed by atoms with E-state index < -0.39 is 0 Å². The Kier molecular flexibility index (Phi) is 4.32. The number of nitrogens with one attached hydrogen (secondary N) is 1. The standard InChI is InChI=1S/C17H18ClNO2/c1-19-11-13-3-5-14(18)10-15(13)12-4-6-16-17(9-12)21-8-2-7-20-16/h3-6,9-10,19H,2,7-8,11H2,1H3. The monoisotopic (exact) mass is 303 g/mol. The molecule has 1 aliphatic rings. The van der Waals surface area contributed by atoms with Crippen LogP contribution in [0.15, 0.2) is 36.4 Å². The zero-order valence-corrected chi connectivity index (χ0v) is 12.7. The summed E-state index contributed by atoms with van der Waals surface area (Å²) < 4.78 is 11.4. The molecule has 0 saturated carbocycles. The fourth-order valence-electron chi connectivity index (χ4n) is 2.49. The van der Waals surface area contributed by atoms with Crippen molar-refractivity contribution in [3.8, 4) is 22.6 Å². The van der Waals surface area contributed by atoms with Gasteiger partial charge in [-0.15, -0.1) is 0 Å². The first-order chi connectivity index (χ1) is 10.3. The second-order valence-electron chi connectivity index (χ2n) is 5.04. The van der Waals surface area contributed by atoms with Gasteiger partial charge in [-0.25, -0.2) is 0 Å². The van der Waals surface area contributed by atoms with E-state index in [9.17, 15) is 0 Å². The number of hydrogen-bond donors (Lipinski definition) is 1. The van der Waals surface area contributed by atoms with Gasteiger partial charge in [-0.1, -0.05) is 23.7 Å². The summed E-state index contributed by atoms with van der Waals surface area (Å²) in [4.78, 5) is 0. The third-order valence-corrected chi connectivity index (χ3v) is 3.73. The molecule has 0 aliphatic carbocycles. The summed E-state index contributed by atoms with van der Waals surface area (Å²) >= 11 is 6.16. The minimum absolute atomic E-state index is 0.690. The Morgan fingerprint density at radius 2 is 1.86 bits per heavy atom. The van der Waals surface area contributed by atoms with Crippen molar-refractivity contribution in [3.63, 3.8) is 0 Å². The van der Waals surface area contributed by atoms with Crippen molar-refractivity contribution in [3.05, 3.63) is 47.0 Å². The predicted octanol–water partition coefficient (Wildman–Crippen LogP) is 3.89. The Labute approximate surface area is 129 Å². The Morgan fingerprint density at radius 3 is 2.67 bits per heavy atom. The number of hydrogen-bond acceptors (Lipinski definition) is 3. The Hall–Kier alpha value is -1.71. The highest BCUT2D eigenvalue weighted by Crippen LogP contribution is 2.36. The lowest BCUT2D eigenvalue weighted by Gasteiger charge is -2.13. The second-order valence-corrected chi connectivity index (χ2v) is 5.48. The van der Waals surface area contributed by atoms with E-state index in [1.807, 2.05) is 31.3 Å². The van der Waals surface area contributed by atoms with E-state index in [2.05, 4.69) is 17.4 Å². The molecule has 1 N–H and O–H groups in total. The average molecular weight is 304 g/mol. The fourth-order valence-corrected chi connectivity index (χ4v) is 2.66. The van der Waals surface area contributed by atoms with Gasteiger partial charge in [0.25, 0.3) is 0 Å². The maximum absolute atomic E-state index is 6.16. The van der Waals surface area contributed by atoms with E-state index in [0.29, 0.717) is 13.2 Å². The van der Waals surface area contributed by atoms with Crippen molar-refractivity contribution < 1.29 is 9.47 Å². The average Bonchev–Trinajstić information content (AvgIpc) is 2.73. The van der Waals surface area contributed by atoms with Crippen LogP contribution in [0.3, 0.4) is 0 Å². The first kappa shape index (κ1) is 14.2. The van der Waals surface area contributed by atoms with E-state index in [0.717, 1.165) is 40.6 Å². The molecule has 0 saturated heterocycles. The highest BCUT2D eigenvalue weighted by atomic mass is 35.5. The van der Waals surface area contributed by atoms with Gasteiger partial charge in [0.1, 0.15) is 0 Å². The number of fused-ring (bicyclic) bond motifs is 1. The van der Waals surface area contributed by atoms with Crippen molar-refractivity contribution in [2.24, 2.45) is 0 Å². The number of rotatable bonds is 3.